The van der Waals surface area contributed by atoms with Crippen LogP contribution >= 0.6 is 0 Å². The highest BCUT2D eigenvalue weighted by Gasteiger charge is 2.51. The molecule has 11 rings (SSSR count). The molecule has 0 N–H and O–H groups in total. The summed E-state index contributed by atoms with van der Waals surface area (Å²) in [6, 6.07) is 65.5. The molecule has 3 heterocycles. The SMILES string of the molecule is c1ccc(-c2nc(-c3ccccc3)nc(-c3ccc4c(c3)-c3cc(-c5ccc(-c6ccccn6)cc5)ccc3C43c4ccccc4Oc4ccccc43)n2)cc1. The van der Waals surface area contributed by atoms with Gasteiger partial charge in [0.25, 0.3) is 0 Å². The fraction of sp³-hybridized carbons (Fsp3) is 0.0196. The van der Waals surface area contributed by atoms with Gasteiger partial charge in [0, 0.05) is 39.6 Å². The summed E-state index contributed by atoms with van der Waals surface area (Å²) >= 11 is 0. The zero-order chi connectivity index (χ0) is 37.1. The summed E-state index contributed by atoms with van der Waals surface area (Å²) < 4.78 is 6.61. The van der Waals surface area contributed by atoms with E-state index in [0.29, 0.717) is 17.5 Å². The molecule has 0 unspecified atom stereocenters. The predicted octanol–water partition coefficient (Wildman–Crippen LogP) is 12.1. The highest BCUT2D eigenvalue weighted by atomic mass is 16.5. The van der Waals surface area contributed by atoms with Gasteiger partial charge in [-0.05, 0) is 69.8 Å². The quantitative estimate of drug-likeness (QED) is 0.177. The maximum absolute atomic E-state index is 6.61. The van der Waals surface area contributed by atoms with Crippen LogP contribution in [0.2, 0.25) is 0 Å². The molecule has 0 radical (unpaired) electrons. The summed E-state index contributed by atoms with van der Waals surface area (Å²) in [5.74, 6) is 3.62. The first-order valence-corrected chi connectivity index (χ1v) is 18.8. The van der Waals surface area contributed by atoms with Crippen LogP contribution < -0.4 is 4.74 Å². The van der Waals surface area contributed by atoms with Crippen LogP contribution in [0.4, 0.5) is 0 Å². The van der Waals surface area contributed by atoms with E-state index >= 15 is 0 Å². The average Bonchev–Trinajstić information content (AvgIpc) is 3.56. The van der Waals surface area contributed by atoms with Gasteiger partial charge in [-0.3, -0.25) is 4.98 Å². The second kappa shape index (κ2) is 12.8. The van der Waals surface area contributed by atoms with Gasteiger partial charge >= 0.3 is 0 Å². The van der Waals surface area contributed by atoms with Gasteiger partial charge in [0.05, 0.1) is 11.1 Å². The second-order valence-electron chi connectivity index (χ2n) is 14.2. The molecule has 0 bridgehead atoms. The molecule has 5 heteroatoms. The van der Waals surface area contributed by atoms with Crippen LogP contribution in [0.25, 0.3) is 67.7 Å². The van der Waals surface area contributed by atoms with Crippen LogP contribution in [-0.4, -0.2) is 19.9 Å². The Labute approximate surface area is 324 Å². The fourth-order valence-electron chi connectivity index (χ4n) is 8.53. The van der Waals surface area contributed by atoms with Crippen LogP contribution in [0.3, 0.4) is 0 Å². The van der Waals surface area contributed by atoms with Crippen molar-refractivity contribution in [1.29, 1.82) is 0 Å². The third-order valence-corrected chi connectivity index (χ3v) is 11.1. The second-order valence-corrected chi connectivity index (χ2v) is 14.2. The van der Waals surface area contributed by atoms with Crippen LogP contribution in [0, 0.1) is 0 Å². The third-order valence-electron chi connectivity index (χ3n) is 11.1. The minimum absolute atomic E-state index is 0.598. The van der Waals surface area contributed by atoms with E-state index in [4.69, 9.17) is 19.7 Å². The summed E-state index contributed by atoms with van der Waals surface area (Å²) in [5.41, 5.74) is 13.5. The molecule has 1 spiro atoms. The van der Waals surface area contributed by atoms with Crippen molar-refractivity contribution in [2.24, 2.45) is 0 Å². The molecule has 0 saturated carbocycles. The highest BCUT2D eigenvalue weighted by Crippen LogP contribution is 2.62. The fourth-order valence-corrected chi connectivity index (χ4v) is 8.53. The van der Waals surface area contributed by atoms with E-state index < -0.39 is 5.41 Å². The van der Waals surface area contributed by atoms with Crippen molar-refractivity contribution < 1.29 is 4.74 Å². The summed E-state index contributed by atoms with van der Waals surface area (Å²) in [6.07, 6.45) is 1.83. The Morgan fingerprint density at radius 1 is 0.339 bits per heavy atom. The number of para-hydroxylation sites is 2. The van der Waals surface area contributed by atoms with Gasteiger partial charge in [0.15, 0.2) is 17.5 Å². The molecule has 56 heavy (non-hydrogen) atoms. The lowest BCUT2D eigenvalue weighted by Crippen LogP contribution is -2.32. The molecule has 1 aliphatic heterocycles. The van der Waals surface area contributed by atoms with Crippen molar-refractivity contribution >= 4 is 0 Å². The summed E-state index contributed by atoms with van der Waals surface area (Å²) in [5, 5.41) is 0. The molecule has 0 amide bonds. The van der Waals surface area contributed by atoms with E-state index in [0.717, 1.165) is 67.3 Å². The van der Waals surface area contributed by atoms with Crippen LogP contribution in [0.1, 0.15) is 22.3 Å². The largest absolute Gasteiger partial charge is 0.457 e. The number of fused-ring (bicyclic) bond motifs is 9. The van der Waals surface area contributed by atoms with E-state index in [9.17, 15) is 0 Å². The Bertz CT molecular complexity index is 2830. The maximum atomic E-state index is 6.61. The number of hydrogen-bond donors (Lipinski definition) is 0. The van der Waals surface area contributed by atoms with E-state index in [-0.39, 0.29) is 0 Å². The molecule has 7 aromatic carbocycles. The number of hydrogen-bond acceptors (Lipinski definition) is 5. The minimum atomic E-state index is -0.598. The number of rotatable bonds is 5. The topological polar surface area (TPSA) is 60.8 Å². The zero-order valence-electron chi connectivity index (χ0n) is 30.2. The van der Waals surface area contributed by atoms with Crippen molar-refractivity contribution in [1.82, 2.24) is 19.9 Å². The van der Waals surface area contributed by atoms with Crippen LogP contribution in [0.15, 0.2) is 194 Å². The number of nitrogens with zero attached hydrogens (tertiary/aromatic N) is 4. The van der Waals surface area contributed by atoms with E-state index in [1.54, 1.807) is 0 Å². The highest BCUT2D eigenvalue weighted by molar-refractivity contribution is 5.92. The van der Waals surface area contributed by atoms with Gasteiger partial charge in [-0.25, -0.2) is 15.0 Å². The Hall–Kier alpha value is -7.50. The van der Waals surface area contributed by atoms with Crippen molar-refractivity contribution in [2.45, 2.75) is 5.41 Å². The standard InChI is InChI=1S/C51H32N4O/c1-3-13-35(14-4-1)48-53-49(36-15-5-2-6-16-36)55-50(54-48)38-27-29-42-40(32-38)39-31-37(33-22-24-34(25-23-33)45-19-11-12-30-52-45)26-28-41(39)51(42)43-17-7-9-20-46(43)56-47-21-10-8-18-44(47)51/h1-32H. The Kier molecular flexibility index (Phi) is 7.32. The molecule has 2 aliphatic rings. The van der Waals surface area contributed by atoms with Crippen molar-refractivity contribution in [3.8, 4) is 79.2 Å². The molecule has 0 atom stereocenters. The Morgan fingerprint density at radius 2 is 0.804 bits per heavy atom. The molecule has 0 fully saturated rings. The van der Waals surface area contributed by atoms with Gasteiger partial charge in [0.1, 0.15) is 11.5 Å². The van der Waals surface area contributed by atoms with Gasteiger partial charge in [-0.15, -0.1) is 0 Å². The number of benzene rings is 7. The molecule has 262 valence electrons. The van der Waals surface area contributed by atoms with Gasteiger partial charge < -0.3 is 4.74 Å². The molecule has 5 nitrogen and oxygen atoms in total. The average molecular weight is 717 g/mol. The molecule has 0 saturated heterocycles. The monoisotopic (exact) mass is 716 g/mol. The number of aromatic nitrogens is 4. The third kappa shape index (κ3) is 5.02. The number of pyridine rings is 1. The molecular weight excluding hydrogens is 685 g/mol. The summed E-state index contributed by atoms with van der Waals surface area (Å²) in [6.45, 7) is 0. The van der Waals surface area contributed by atoms with Crippen LogP contribution in [-0.2, 0) is 5.41 Å². The van der Waals surface area contributed by atoms with Crippen molar-refractivity contribution in [3.63, 3.8) is 0 Å². The summed E-state index contributed by atoms with van der Waals surface area (Å²) in [4.78, 5) is 19.7. The van der Waals surface area contributed by atoms with Gasteiger partial charge in [0.2, 0.25) is 0 Å². The first-order chi connectivity index (χ1) is 27.7. The summed E-state index contributed by atoms with van der Waals surface area (Å²) in [7, 11) is 0. The number of ether oxygens (including phenoxy) is 1. The van der Waals surface area contributed by atoms with E-state index in [2.05, 4.69) is 102 Å². The zero-order valence-corrected chi connectivity index (χ0v) is 30.2. The lowest BCUT2D eigenvalue weighted by molar-refractivity contribution is 0.436. The first kappa shape index (κ1) is 32.0. The lowest BCUT2D eigenvalue weighted by atomic mass is 9.66. The molecule has 1 aliphatic carbocycles. The predicted molar refractivity (Wildman–Crippen MR) is 222 cm³/mol. The first-order valence-electron chi connectivity index (χ1n) is 18.8. The normalized spacial score (nSPS) is 12.9. The molecule has 9 aromatic rings. The van der Waals surface area contributed by atoms with Crippen molar-refractivity contribution in [3.05, 3.63) is 217 Å². The van der Waals surface area contributed by atoms with Crippen LogP contribution in [0.5, 0.6) is 11.5 Å². The van der Waals surface area contributed by atoms with Gasteiger partial charge in [-0.1, -0.05) is 152 Å². The minimum Gasteiger partial charge on any atom is -0.457 e. The maximum Gasteiger partial charge on any atom is 0.164 e. The molecular formula is C51H32N4O. The van der Waals surface area contributed by atoms with Crippen molar-refractivity contribution in [2.75, 3.05) is 0 Å². The lowest BCUT2D eigenvalue weighted by Gasteiger charge is -2.39. The smallest absolute Gasteiger partial charge is 0.164 e. The van der Waals surface area contributed by atoms with Gasteiger partial charge in [-0.2, -0.15) is 0 Å². The molecule has 2 aromatic heterocycles. The van der Waals surface area contributed by atoms with E-state index in [1.807, 2.05) is 97.2 Å². The Morgan fingerprint density at radius 3 is 1.38 bits per heavy atom. The van der Waals surface area contributed by atoms with E-state index in [1.165, 1.54) is 16.7 Å². The Balaban J connectivity index is 1.14.